The van der Waals surface area contributed by atoms with Crippen molar-refractivity contribution in [3.05, 3.63) is 35.4 Å². The molecule has 20 heavy (non-hydrogen) atoms. The number of fused-ring (bicyclic) bond motifs is 1. The Labute approximate surface area is 122 Å². The maximum absolute atomic E-state index is 12.7. The summed E-state index contributed by atoms with van der Waals surface area (Å²) >= 11 is 0. The number of carbonyl (C=O) groups excluding carboxylic acids is 1. The summed E-state index contributed by atoms with van der Waals surface area (Å²) in [6, 6.07) is 8.56. The van der Waals surface area contributed by atoms with E-state index in [0.29, 0.717) is 5.92 Å². The van der Waals surface area contributed by atoms with Gasteiger partial charge in [-0.3, -0.25) is 4.79 Å². The molecule has 2 rings (SSSR count). The highest BCUT2D eigenvalue weighted by Gasteiger charge is 2.29. The number of hydrogen-bond donors (Lipinski definition) is 1. The smallest absolute Gasteiger partial charge is 0.240 e. The Balaban J connectivity index is 2.10. The lowest BCUT2D eigenvalue weighted by Crippen LogP contribution is -2.52. The van der Waals surface area contributed by atoms with Crippen molar-refractivity contribution in [3.8, 4) is 0 Å². The molecule has 1 heterocycles. The zero-order valence-corrected chi connectivity index (χ0v) is 13.0. The third kappa shape index (κ3) is 3.40. The highest BCUT2D eigenvalue weighted by atomic mass is 16.2. The largest absolute Gasteiger partial charge is 0.339 e. The lowest BCUT2D eigenvalue weighted by Gasteiger charge is -2.34. The summed E-state index contributed by atoms with van der Waals surface area (Å²) in [5.74, 6) is 0.737. The van der Waals surface area contributed by atoms with Crippen LogP contribution in [-0.2, 0) is 17.8 Å². The van der Waals surface area contributed by atoms with Crippen LogP contribution in [0.3, 0.4) is 0 Å². The first-order valence-corrected chi connectivity index (χ1v) is 7.59. The number of benzene rings is 1. The summed E-state index contributed by atoms with van der Waals surface area (Å²) in [4.78, 5) is 14.8. The summed E-state index contributed by atoms with van der Waals surface area (Å²) in [6.45, 7) is 10.1. The first-order chi connectivity index (χ1) is 9.49. The predicted molar refractivity (Wildman–Crippen MR) is 82.5 cm³/mol. The summed E-state index contributed by atoms with van der Waals surface area (Å²) in [5, 5.41) is 3.39. The molecule has 1 amide bonds. The van der Waals surface area contributed by atoms with Gasteiger partial charge in [-0.05, 0) is 37.3 Å². The van der Waals surface area contributed by atoms with Gasteiger partial charge in [0.15, 0.2) is 0 Å². The van der Waals surface area contributed by atoms with Crippen LogP contribution < -0.4 is 5.32 Å². The highest BCUT2D eigenvalue weighted by molar-refractivity contribution is 5.83. The molecule has 110 valence electrons. The fourth-order valence-electron chi connectivity index (χ4n) is 2.78. The standard InChI is InChI=1S/C17H26N2O/c1-12(2)11-19(13(3)4)17(20)16-9-14-7-5-6-8-15(14)10-18-16/h5-8,12-13,16,18H,9-11H2,1-4H3/t16-/m1/s1. The molecule has 1 aliphatic rings. The molecule has 1 aromatic rings. The van der Waals surface area contributed by atoms with E-state index in [4.69, 9.17) is 0 Å². The van der Waals surface area contributed by atoms with Crippen LogP contribution in [0.2, 0.25) is 0 Å². The zero-order chi connectivity index (χ0) is 14.7. The van der Waals surface area contributed by atoms with Crippen molar-refractivity contribution in [2.75, 3.05) is 6.54 Å². The minimum Gasteiger partial charge on any atom is -0.339 e. The Morgan fingerprint density at radius 3 is 2.50 bits per heavy atom. The van der Waals surface area contributed by atoms with Gasteiger partial charge in [0.2, 0.25) is 5.91 Å². The lowest BCUT2D eigenvalue weighted by molar-refractivity contribution is -0.136. The summed E-state index contributed by atoms with van der Waals surface area (Å²) in [7, 11) is 0. The number of hydrogen-bond acceptors (Lipinski definition) is 2. The van der Waals surface area contributed by atoms with Crippen LogP contribution in [0, 0.1) is 5.92 Å². The van der Waals surface area contributed by atoms with Gasteiger partial charge in [-0.25, -0.2) is 0 Å². The van der Waals surface area contributed by atoms with Gasteiger partial charge < -0.3 is 10.2 Å². The van der Waals surface area contributed by atoms with Crippen molar-refractivity contribution in [3.63, 3.8) is 0 Å². The number of amides is 1. The first kappa shape index (κ1) is 15.0. The molecule has 0 saturated carbocycles. The van der Waals surface area contributed by atoms with Gasteiger partial charge in [-0.15, -0.1) is 0 Å². The minimum atomic E-state index is -0.0777. The topological polar surface area (TPSA) is 32.3 Å². The van der Waals surface area contributed by atoms with E-state index in [0.717, 1.165) is 19.5 Å². The molecule has 0 radical (unpaired) electrons. The van der Waals surface area contributed by atoms with Crippen LogP contribution >= 0.6 is 0 Å². The van der Waals surface area contributed by atoms with E-state index in [1.165, 1.54) is 11.1 Å². The molecule has 0 saturated heterocycles. The van der Waals surface area contributed by atoms with Gasteiger partial charge in [-0.1, -0.05) is 38.1 Å². The van der Waals surface area contributed by atoms with E-state index in [-0.39, 0.29) is 18.0 Å². The Morgan fingerprint density at radius 2 is 1.90 bits per heavy atom. The molecule has 1 aromatic carbocycles. The Hall–Kier alpha value is -1.35. The van der Waals surface area contributed by atoms with Gasteiger partial charge in [0, 0.05) is 19.1 Å². The van der Waals surface area contributed by atoms with Crippen molar-refractivity contribution >= 4 is 5.91 Å². The van der Waals surface area contributed by atoms with Crippen LogP contribution in [0.5, 0.6) is 0 Å². The number of rotatable bonds is 4. The van der Waals surface area contributed by atoms with E-state index in [2.05, 4.69) is 57.3 Å². The van der Waals surface area contributed by atoms with Crippen molar-refractivity contribution in [1.82, 2.24) is 10.2 Å². The van der Waals surface area contributed by atoms with E-state index in [1.54, 1.807) is 0 Å². The fraction of sp³-hybridized carbons (Fsp3) is 0.588. The molecule has 3 nitrogen and oxygen atoms in total. The van der Waals surface area contributed by atoms with Crippen molar-refractivity contribution in [1.29, 1.82) is 0 Å². The number of nitrogens with zero attached hydrogens (tertiary/aromatic N) is 1. The molecule has 1 N–H and O–H groups in total. The Kier molecular flexibility index (Phi) is 4.81. The molecular formula is C17H26N2O. The molecule has 0 aromatic heterocycles. The average molecular weight is 274 g/mol. The number of nitrogens with one attached hydrogen (secondary N) is 1. The van der Waals surface area contributed by atoms with Gasteiger partial charge >= 0.3 is 0 Å². The SMILES string of the molecule is CC(C)CN(C(=O)[C@H]1Cc2ccccc2CN1)C(C)C. The third-order valence-electron chi connectivity index (χ3n) is 3.85. The predicted octanol–water partition coefficient (Wildman–Crippen LogP) is 2.59. The van der Waals surface area contributed by atoms with Crippen LogP contribution in [0.15, 0.2) is 24.3 Å². The second-order valence-electron chi connectivity index (χ2n) is 6.38. The van der Waals surface area contributed by atoms with Gasteiger partial charge in [0.1, 0.15) is 0 Å². The Morgan fingerprint density at radius 1 is 1.25 bits per heavy atom. The van der Waals surface area contributed by atoms with E-state index < -0.39 is 0 Å². The average Bonchev–Trinajstić information content (AvgIpc) is 2.43. The molecule has 0 spiro atoms. The third-order valence-corrected chi connectivity index (χ3v) is 3.85. The maximum atomic E-state index is 12.7. The minimum absolute atomic E-state index is 0.0777. The monoisotopic (exact) mass is 274 g/mol. The molecule has 0 unspecified atom stereocenters. The molecule has 1 aliphatic heterocycles. The zero-order valence-electron chi connectivity index (χ0n) is 13.0. The van der Waals surface area contributed by atoms with Crippen LogP contribution in [0.1, 0.15) is 38.8 Å². The van der Waals surface area contributed by atoms with Crippen LogP contribution in [-0.4, -0.2) is 29.4 Å². The lowest BCUT2D eigenvalue weighted by atomic mass is 9.95. The number of carbonyl (C=O) groups is 1. The normalized spacial score (nSPS) is 18.2. The van der Waals surface area contributed by atoms with Crippen LogP contribution in [0.25, 0.3) is 0 Å². The fourth-order valence-corrected chi connectivity index (χ4v) is 2.78. The van der Waals surface area contributed by atoms with E-state index in [9.17, 15) is 4.79 Å². The van der Waals surface area contributed by atoms with Crippen molar-refractivity contribution in [2.45, 2.75) is 52.7 Å². The van der Waals surface area contributed by atoms with Gasteiger partial charge in [-0.2, -0.15) is 0 Å². The van der Waals surface area contributed by atoms with E-state index >= 15 is 0 Å². The van der Waals surface area contributed by atoms with Crippen molar-refractivity contribution in [2.24, 2.45) is 5.92 Å². The molecule has 1 atom stereocenters. The quantitative estimate of drug-likeness (QED) is 0.915. The second kappa shape index (κ2) is 6.40. The molecule has 0 bridgehead atoms. The second-order valence-corrected chi connectivity index (χ2v) is 6.38. The van der Waals surface area contributed by atoms with Gasteiger partial charge in [0.05, 0.1) is 6.04 Å². The molecule has 0 fully saturated rings. The summed E-state index contributed by atoms with van der Waals surface area (Å²) < 4.78 is 0. The summed E-state index contributed by atoms with van der Waals surface area (Å²) in [6.07, 6.45) is 0.802. The van der Waals surface area contributed by atoms with Gasteiger partial charge in [0.25, 0.3) is 0 Å². The summed E-state index contributed by atoms with van der Waals surface area (Å²) in [5.41, 5.74) is 2.62. The van der Waals surface area contributed by atoms with Crippen molar-refractivity contribution < 1.29 is 4.79 Å². The maximum Gasteiger partial charge on any atom is 0.240 e. The molecule has 3 heteroatoms. The van der Waals surface area contributed by atoms with Crippen LogP contribution in [0.4, 0.5) is 0 Å². The first-order valence-electron chi connectivity index (χ1n) is 7.59. The molecule has 0 aliphatic carbocycles. The molecular weight excluding hydrogens is 248 g/mol. The van der Waals surface area contributed by atoms with E-state index in [1.807, 2.05) is 4.90 Å². The highest BCUT2D eigenvalue weighted by Crippen LogP contribution is 2.18. The Bertz CT molecular complexity index is 468.